The molecule has 0 amide bonds. The monoisotopic (exact) mass is 245 g/mol. The van der Waals surface area contributed by atoms with Crippen molar-refractivity contribution in [2.24, 2.45) is 0 Å². The van der Waals surface area contributed by atoms with E-state index >= 15 is 0 Å². The Labute approximate surface area is 100 Å². The van der Waals surface area contributed by atoms with Crippen molar-refractivity contribution in [2.75, 3.05) is 13.1 Å². The molecule has 4 heteroatoms. The van der Waals surface area contributed by atoms with Crippen molar-refractivity contribution in [1.29, 1.82) is 0 Å². The SMILES string of the molecule is CC.Cc1cc(C(F)F)cc(C2(F)CNC2)c1. The summed E-state index contributed by atoms with van der Waals surface area (Å²) in [6, 6.07) is 4.29. The Morgan fingerprint density at radius 3 is 2.18 bits per heavy atom. The van der Waals surface area contributed by atoms with E-state index in [0.717, 1.165) is 0 Å². The maximum atomic E-state index is 14.0. The molecular formula is C13H18F3N. The fourth-order valence-corrected chi connectivity index (χ4v) is 1.75. The Hall–Kier alpha value is -1.03. The van der Waals surface area contributed by atoms with Gasteiger partial charge in [-0.3, -0.25) is 0 Å². The maximum Gasteiger partial charge on any atom is 0.263 e. The van der Waals surface area contributed by atoms with E-state index in [1.807, 2.05) is 13.8 Å². The minimum Gasteiger partial charge on any atom is -0.310 e. The number of alkyl halides is 3. The summed E-state index contributed by atoms with van der Waals surface area (Å²) in [5.41, 5.74) is -0.535. The van der Waals surface area contributed by atoms with Gasteiger partial charge in [0.15, 0.2) is 5.67 Å². The van der Waals surface area contributed by atoms with Crippen LogP contribution >= 0.6 is 0 Å². The molecule has 2 rings (SSSR count). The Morgan fingerprint density at radius 2 is 1.76 bits per heavy atom. The first-order valence-corrected chi connectivity index (χ1v) is 5.81. The standard InChI is InChI=1S/C11H12F3N.C2H6/c1-7-2-8(10(12)13)4-9(3-7)11(14)5-15-6-11;1-2/h2-4,10,15H,5-6H2,1H3;1-2H3. The Kier molecular flexibility index (Phi) is 4.57. The summed E-state index contributed by atoms with van der Waals surface area (Å²) in [5, 5.41) is 2.81. The van der Waals surface area contributed by atoms with Crippen molar-refractivity contribution in [3.8, 4) is 0 Å². The Morgan fingerprint density at radius 1 is 1.18 bits per heavy atom. The van der Waals surface area contributed by atoms with E-state index in [4.69, 9.17) is 0 Å². The molecule has 0 saturated carbocycles. The second-order valence-corrected chi connectivity index (χ2v) is 4.00. The summed E-state index contributed by atoms with van der Waals surface area (Å²) in [4.78, 5) is 0. The summed E-state index contributed by atoms with van der Waals surface area (Å²) < 4.78 is 39.0. The van der Waals surface area contributed by atoms with E-state index in [0.29, 0.717) is 11.1 Å². The summed E-state index contributed by atoms with van der Waals surface area (Å²) in [6.45, 7) is 6.11. The number of benzene rings is 1. The average molecular weight is 245 g/mol. The zero-order valence-corrected chi connectivity index (χ0v) is 10.4. The van der Waals surface area contributed by atoms with Crippen molar-refractivity contribution < 1.29 is 13.2 Å². The third-order valence-corrected chi connectivity index (χ3v) is 2.68. The van der Waals surface area contributed by atoms with Gasteiger partial charge in [-0.1, -0.05) is 31.5 Å². The van der Waals surface area contributed by atoms with Gasteiger partial charge in [-0.2, -0.15) is 0 Å². The third-order valence-electron chi connectivity index (χ3n) is 2.68. The van der Waals surface area contributed by atoms with Gasteiger partial charge < -0.3 is 5.32 Å². The molecule has 1 aliphatic rings. The van der Waals surface area contributed by atoms with Gasteiger partial charge in [0.1, 0.15) is 0 Å². The van der Waals surface area contributed by atoms with E-state index in [-0.39, 0.29) is 18.7 Å². The molecule has 1 heterocycles. The van der Waals surface area contributed by atoms with Crippen LogP contribution < -0.4 is 5.32 Å². The van der Waals surface area contributed by atoms with Gasteiger partial charge in [0, 0.05) is 18.7 Å². The molecule has 1 fully saturated rings. The van der Waals surface area contributed by atoms with Crippen molar-refractivity contribution in [3.63, 3.8) is 0 Å². The normalized spacial score (nSPS) is 17.1. The Balaban J connectivity index is 0.000000686. The lowest BCUT2D eigenvalue weighted by atomic mass is 9.88. The summed E-state index contributed by atoms with van der Waals surface area (Å²) in [7, 11) is 0. The van der Waals surface area contributed by atoms with Crippen molar-refractivity contribution >= 4 is 0 Å². The molecule has 0 bridgehead atoms. The van der Waals surface area contributed by atoms with Crippen LogP contribution in [0.4, 0.5) is 13.2 Å². The summed E-state index contributed by atoms with van der Waals surface area (Å²) in [5.74, 6) is 0. The van der Waals surface area contributed by atoms with Crippen molar-refractivity contribution in [3.05, 3.63) is 34.9 Å². The van der Waals surface area contributed by atoms with E-state index in [2.05, 4.69) is 5.32 Å². The smallest absolute Gasteiger partial charge is 0.263 e. The fourth-order valence-electron chi connectivity index (χ4n) is 1.75. The second-order valence-electron chi connectivity index (χ2n) is 4.00. The van der Waals surface area contributed by atoms with Gasteiger partial charge in [0.25, 0.3) is 6.43 Å². The number of nitrogens with one attached hydrogen (secondary N) is 1. The van der Waals surface area contributed by atoms with Gasteiger partial charge in [-0.05, 0) is 18.6 Å². The first-order valence-electron chi connectivity index (χ1n) is 5.81. The molecular weight excluding hydrogens is 227 g/mol. The van der Waals surface area contributed by atoms with E-state index in [1.54, 1.807) is 13.0 Å². The van der Waals surface area contributed by atoms with E-state index in [1.165, 1.54) is 12.1 Å². The van der Waals surface area contributed by atoms with Crippen LogP contribution in [0.1, 0.15) is 37.0 Å². The molecule has 0 atom stereocenters. The average Bonchev–Trinajstić information content (AvgIpc) is 2.27. The minimum absolute atomic E-state index is 0.103. The minimum atomic E-state index is -2.54. The molecule has 0 aliphatic carbocycles. The van der Waals surface area contributed by atoms with Crippen molar-refractivity contribution in [1.82, 2.24) is 5.32 Å². The number of hydrogen-bond acceptors (Lipinski definition) is 1. The first-order chi connectivity index (χ1) is 8.01. The molecule has 1 aliphatic heterocycles. The lowest BCUT2D eigenvalue weighted by Crippen LogP contribution is -2.53. The molecule has 0 spiro atoms. The summed E-state index contributed by atoms with van der Waals surface area (Å²) in [6.07, 6.45) is -2.54. The lowest BCUT2D eigenvalue weighted by molar-refractivity contribution is 0.0882. The highest BCUT2D eigenvalue weighted by Gasteiger charge is 2.39. The molecule has 1 aromatic rings. The van der Waals surface area contributed by atoms with Gasteiger partial charge in [0.05, 0.1) is 0 Å². The molecule has 0 aromatic heterocycles. The topological polar surface area (TPSA) is 12.0 Å². The van der Waals surface area contributed by atoms with E-state index in [9.17, 15) is 13.2 Å². The number of rotatable bonds is 2. The van der Waals surface area contributed by atoms with Crippen LogP contribution in [0.15, 0.2) is 18.2 Å². The molecule has 1 saturated heterocycles. The highest BCUT2D eigenvalue weighted by Crippen LogP contribution is 2.33. The quantitative estimate of drug-likeness (QED) is 0.837. The van der Waals surface area contributed by atoms with Crippen LogP contribution in [0.2, 0.25) is 0 Å². The molecule has 0 unspecified atom stereocenters. The predicted octanol–water partition coefficient (Wildman–Crippen LogP) is 3.73. The van der Waals surface area contributed by atoms with E-state index < -0.39 is 12.1 Å². The number of halogens is 3. The largest absolute Gasteiger partial charge is 0.310 e. The van der Waals surface area contributed by atoms with Crippen LogP contribution in [0.25, 0.3) is 0 Å². The zero-order chi connectivity index (χ0) is 13.1. The molecule has 1 nitrogen and oxygen atoms in total. The third kappa shape index (κ3) is 3.00. The highest BCUT2D eigenvalue weighted by molar-refractivity contribution is 5.35. The molecule has 0 radical (unpaired) electrons. The van der Waals surface area contributed by atoms with Gasteiger partial charge in [0.2, 0.25) is 0 Å². The first kappa shape index (κ1) is 14.0. The van der Waals surface area contributed by atoms with Gasteiger partial charge in [-0.15, -0.1) is 0 Å². The Bertz CT molecular complexity index is 373. The predicted molar refractivity (Wildman–Crippen MR) is 63.1 cm³/mol. The van der Waals surface area contributed by atoms with Crippen LogP contribution in [0, 0.1) is 6.92 Å². The van der Waals surface area contributed by atoms with Crippen molar-refractivity contribution in [2.45, 2.75) is 32.9 Å². The fraction of sp³-hybridized carbons (Fsp3) is 0.538. The van der Waals surface area contributed by atoms with Crippen LogP contribution in [-0.2, 0) is 5.67 Å². The highest BCUT2D eigenvalue weighted by atomic mass is 19.3. The number of hydrogen-bond donors (Lipinski definition) is 1. The summed E-state index contributed by atoms with van der Waals surface area (Å²) >= 11 is 0. The molecule has 17 heavy (non-hydrogen) atoms. The number of aryl methyl sites for hydroxylation is 1. The molecule has 1 N–H and O–H groups in total. The second kappa shape index (κ2) is 5.54. The molecule has 1 aromatic carbocycles. The van der Waals surface area contributed by atoms with Gasteiger partial charge in [-0.25, -0.2) is 13.2 Å². The van der Waals surface area contributed by atoms with Crippen LogP contribution in [0.5, 0.6) is 0 Å². The van der Waals surface area contributed by atoms with Crippen LogP contribution in [-0.4, -0.2) is 13.1 Å². The lowest BCUT2D eigenvalue weighted by Gasteiger charge is -2.35. The van der Waals surface area contributed by atoms with Crippen LogP contribution in [0.3, 0.4) is 0 Å². The maximum absolute atomic E-state index is 14.0. The zero-order valence-electron chi connectivity index (χ0n) is 10.4. The van der Waals surface area contributed by atoms with Gasteiger partial charge >= 0.3 is 0 Å². The molecule has 96 valence electrons.